The number of sulfonamides is 1. The Morgan fingerprint density at radius 3 is 2.50 bits per heavy atom. The van der Waals surface area contributed by atoms with Crippen molar-refractivity contribution in [1.29, 1.82) is 0 Å². The molecule has 3 rings (SSSR count). The van der Waals surface area contributed by atoms with E-state index in [-0.39, 0.29) is 10.9 Å². The number of nitrogens with one attached hydrogen (secondary N) is 1. The van der Waals surface area contributed by atoms with Crippen LogP contribution in [0.2, 0.25) is 0 Å². The van der Waals surface area contributed by atoms with Crippen LogP contribution >= 0.6 is 0 Å². The van der Waals surface area contributed by atoms with E-state index in [0.717, 1.165) is 5.56 Å². The van der Waals surface area contributed by atoms with E-state index in [1.165, 1.54) is 12.1 Å². The first kappa shape index (κ1) is 14.8. The van der Waals surface area contributed by atoms with E-state index in [1.807, 2.05) is 0 Å². The largest absolute Gasteiger partial charge is 0.486 e. The molecule has 0 radical (unpaired) electrons. The maximum atomic E-state index is 12.5. The highest BCUT2D eigenvalue weighted by Gasteiger charge is 2.21. The number of fused-ring (bicyclic) bond motifs is 1. The summed E-state index contributed by atoms with van der Waals surface area (Å²) in [5.74, 6) is 1.01. The van der Waals surface area contributed by atoms with E-state index in [9.17, 15) is 8.42 Å². The maximum absolute atomic E-state index is 12.5. The lowest BCUT2D eigenvalue weighted by atomic mass is 10.1. The molecule has 0 unspecified atom stereocenters. The molecule has 0 saturated carbocycles. The summed E-state index contributed by atoms with van der Waals surface area (Å²) in [6.07, 6.45) is 3.26. The minimum Gasteiger partial charge on any atom is -0.486 e. The summed E-state index contributed by atoms with van der Waals surface area (Å²) in [5, 5.41) is 0. The van der Waals surface area contributed by atoms with Gasteiger partial charge in [0.15, 0.2) is 11.5 Å². The first-order chi connectivity index (χ1) is 10.6. The third-order valence-corrected chi connectivity index (χ3v) is 4.90. The molecule has 1 atom stereocenters. The second-order valence-corrected chi connectivity index (χ2v) is 6.64. The zero-order valence-corrected chi connectivity index (χ0v) is 12.8. The van der Waals surface area contributed by atoms with E-state index in [2.05, 4.69) is 9.71 Å². The first-order valence-electron chi connectivity index (χ1n) is 6.88. The van der Waals surface area contributed by atoms with E-state index in [1.54, 1.807) is 37.5 Å². The van der Waals surface area contributed by atoms with Crippen LogP contribution in [0.5, 0.6) is 11.5 Å². The van der Waals surface area contributed by atoms with Crippen molar-refractivity contribution in [2.75, 3.05) is 13.2 Å². The Morgan fingerprint density at radius 2 is 1.77 bits per heavy atom. The molecule has 0 spiro atoms. The topological polar surface area (TPSA) is 77.5 Å². The summed E-state index contributed by atoms with van der Waals surface area (Å²) >= 11 is 0. The third-order valence-electron chi connectivity index (χ3n) is 3.36. The van der Waals surface area contributed by atoms with Gasteiger partial charge in [-0.3, -0.25) is 4.98 Å². The van der Waals surface area contributed by atoms with Gasteiger partial charge in [0.25, 0.3) is 0 Å². The lowest BCUT2D eigenvalue weighted by molar-refractivity contribution is 0.171. The van der Waals surface area contributed by atoms with Gasteiger partial charge >= 0.3 is 0 Å². The lowest BCUT2D eigenvalue weighted by Crippen LogP contribution is -2.27. The molecule has 1 aliphatic rings. The lowest BCUT2D eigenvalue weighted by Gasteiger charge is -2.19. The molecule has 0 bridgehead atoms. The van der Waals surface area contributed by atoms with Gasteiger partial charge < -0.3 is 9.47 Å². The molecule has 7 heteroatoms. The van der Waals surface area contributed by atoms with Crippen molar-refractivity contribution in [2.45, 2.75) is 17.9 Å². The molecule has 22 heavy (non-hydrogen) atoms. The number of rotatable bonds is 4. The number of benzene rings is 1. The second kappa shape index (κ2) is 5.94. The Bertz CT molecular complexity index is 762. The van der Waals surface area contributed by atoms with Gasteiger partial charge in [0, 0.05) is 24.5 Å². The Morgan fingerprint density at radius 1 is 1.09 bits per heavy atom. The van der Waals surface area contributed by atoms with Gasteiger partial charge in [-0.25, -0.2) is 13.1 Å². The fourth-order valence-corrected chi connectivity index (χ4v) is 3.46. The molecule has 1 aromatic carbocycles. The van der Waals surface area contributed by atoms with Gasteiger partial charge in [-0.2, -0.15) is 0 Å². The predicted molar refractivity (Wildman–Crippen MR) is 80.4 cm³/mol. The molecular weight excluding hydrogens is 304 g/mol. The van der Waals surface area contributed by atoms with Crippen LogP contribution in [0.25, 0.3) is 0 Å². The Labute approximate surface area is 129 Å². The average Bonchev–Trinajstić information content (AvgIpc) is 2.55. The zero-order chi connectivity index (χ0) is 15.6. The Balaban J connectivity index is 1.84. The summed E-state index contributed by atoms with van der Waals surface area (Å²) in [4.78, 5) is 4.07. The number of hydrogen-bond acceptors (Lipinski definition) is 5. The SMILES string of the molecule is C[C@@H](NS(=O)(=O)c1ccc2c(c1)OCCO2)c1ccncc1. The molecule has 2 aromatic rings. The van der Waals surface area contributed by atoms with Crippen LogP contribution in [0, 0.1) is 0 Å². The van der Waals surface area contributed by atoms with E-state index in [4.69, 9.17) is 9.47 Å². The zero-order valence-electron chi connectivity index (χ0n) is 12.0. The number of aromatic nitrogens is 1. The molecule has 1 N–H and O–H groups in total. The quantitative estimate of drug-likeness (QED) is 0.931. The van der Waals surface area contributed by atoms with Crippen molar-refractivity contribution in [3.05, 3.63) is 48.3 Å². The van der Waals surface area contributed by atoms with E-state index in [0.29, 0.717) is 24.7 Å². The molecule has 1 aromatic heterocycles. The Kier molecular flexibility index (Phi) is 4.00. The molecule has 1 aliphatic heterocycles. The molecule has 0 fully saturated rings. The summed E-state index contributed by atoms with van der Waals surface area (Å²) in [5.41, 5.74) is 0.844. The van der Waals surface area contributed by atoms with E-state index >= 15 is 0 Å². The molecule has 0 amide bonds. The number of nitrogens with zero attached hydrogens (tertiary/aromatic N) is 1. The first-order valence-corrected chi connectivity index (χ1v) is 8.36. The Hall–Kier alpha value is -2.12. The van der Waals surface area contributed by atoms with Crippen molar-refractivity contribution < 1.29 is 17.9 Å². The van der Waals surface area contributed by atoms with Gasteiger partial charge in [0.05, 0.1) is 4.90 Å². The monoisotopic (exact) mass is 320 g/mol. The third kappa shape index (κ3) is 3.05. The average molecular weight is 320 g/mol. The van der Waals surface area contributed by atoms with Crippen molar-refractivity contribution in [1.82, 2.24) is 9.71 Å². The highest BCUT2D eigenvalue weighted by molar-refractivity contribution is 7.89. The second-order valence-electron chi connectivity index (χ2n) is 4.93. The molecular formula is C15H16N2O4S. The summed E-state index contributed by atoms with van der Waals surface area (Å²) < 4.78 is 38.4. The van der Waals surface area contributed by atoms with Crippen LogP contribution in [0.15, 0.2) is 47.6 Å². The van der Waals surface area contributed by atoms with Crippen molar-refractivity contribution in [3.63, 3.8) is 0 Å². The van der Waals surface area contributed by atoms with Crippen LogP contribution in [0.1, 0.15) is 18.5 Å². The van der Waals surface area contributed by atoms with Crippen LogP contribution in [-0.4, -0.2) is 26.6 Å². The summed E-state index contributed by atoms with van der Waals surface area (Å²) in [7, 11) is -3.65. The van der Waals surface area contributed by atoms with Gasteiger partial charge in [-0.05, 0) is 36.8 Å². The number of hydrogen-bond donors (Lipinski definition) is 1. The molecule has 0 aliphatic carbocycles. The van der Waals surface area contributed by atoms with Crippen LogP contribution in [-0.2, 0) is 10.0 Å². The molecule has 2 heterocycles. The normalized spacial score (nSPS) is 15.3. The highest BCUT2D eigenvalue weighted by Crippen LogP contribution is 2.32. The van der Waals surface area contributed by atoms with Crippen LogP contribution < -0.4 is 14.2 Å². The van der Waals surface area contributed by atoms with Crippen LogP contribution in [0.3, 0.4) is 0 Å². The minimum atomic E-state index is -3.65. The summed E-state index contributed by atoms with van der Waals surface area (Å²) in [6.45, 7) is 2.67. The molecule has 6 nitrogen and oxygen atoms in total. The van der Waals surface area contributed by atoms with Gasteiger partial charge in [0.2, 0.25) is 10.0 Å². The predicted octanol–water partition coefficient (Wildman–Crippen LogP) is 1.89. The minimum absolute atomic E-state index is 0.151. The maximum Gasteiger partial charge on any atom is 0.241 e. The van der Waals surface area contributed by atoms with Crippen molar-refractivity contribution in [2.24, 2.45) is 0 Å². The standard InChI is InChI=1S/C15H16N2O4S/c1-11(12-4-6-16-7-5-12)17-22(18,19)13-2-3-14-15(10-13)21-9-8-20-14/h2-7,10-11,17H,8-9H2,1H3/t11-/m1/s1. The van der Waals surface area contributed by atoms with Gasteiger partial charge in [-0.1, -0.05) is 0 Å². The van der Waals surface area contributed by atoms with Crippen LogP contribution in [0.4, 0.5) is 0 Å². The van der Waals surface area contributed by atoms with Crippen molar-refractivity contribution >= 4 is 10.0 Å². The fraction of sp³-hybridized carbons (Fsp3) is 0.267. The highest BCUT2D eigenvalue weighted by atomic mass is 32.2. The number of ether oxygens (including phenoxy) is 2. The smallest absolute Gasteiger partial charge is 0.241 e. The van der Waals surface area contributed by atoms with E-state index < -0.39 is 10.0 Å². The molecule has 0 saturated heterocycles. The van der Waals surface area contributed by atoms with Gasteiger partial charge in [-0.15, -0.1) is 0 Å². The van der Waals surface area contributed by atoms with Crippen molar-refractivity contribution in [3.8, 4) is 11.5 Å². The number of pyridine rings is 1. The fourth-order valence-electron chi connectivity index (χ4n) is 2.21. The summed E-state index contributed by atoms with van der Waals surface area (Å²) in [6, 6.07) is 7.79. The van der Waals surface area contributed by atoms with Gasteiger partial charge in [0.1, 0.15) is 13.2 Å². The molecule has 116 valence electrons.